The van der Waals surface area contributed by atoms with E-state index in [1.807, 2.05) is 23.1 Å². The molecule has 0 bridgehead atoms. The van der Waals surface area contributed by atoms with Crippen molar-refractivity contribution >= 4 is 34.9 Å². The fourth-order valence-electron chi connectivity index (χ4n) is 3.77. The maximum Gasteiger partial charge on any atom is 0.487 e. The van der Waals surface area contributed by atoms with Gasteiger partial charge in [0.25, 0.3) is 5.91 Å². The summed E-state index contributed by atoms with van der Waals surface area (Å²) in [6.07, 6.45) is 1.82. The first-order valence-electron chi connectivity index (χ1n) is 9.44. The Kier molecular flexibility index (Phi) is 5.57. The van der Waals surface area contributed by atoms with Crippen molar-refractivity contribution in [3.8, 4) is 5.75 Å². The molecule has 3 heterocycles. The molecule has 0 aliphatic carbocycles. The number of aromatic nitrogens is 1. The minimum absolute atomic E-state index is 0.0838. The minimum atomic E-state index is -3.83. The van der Waals surface area contributed by atoms with Crippen LogP contribution in [0.15, 0.2) is 48.7 Å². The third kappa shape index (κ3) is 4.36. The quantitative estimate of drug-likeness (QED) is 0.530. The van der Waals surface area contributed by atoms with Crippen LogP contribution in [0.5, 0.6) is 5.75 Å². The third-order valence-corrected chi connectivity index (χ3v) is 5.26. The summed E-state index contributed by atoms with van der Waals surface area (Å²) in [7, 11) is 0. The molecule has 0 unspecified atom stereocenters. The summed E-state index contributed by atoms with van der Waals surface area (Å²) in [5, 5.41) is 0. The number of hydrogen-bond donors (Lipinski definition) is 0. The summed E-state index contributed by atoms with van der Waals surface area (Å²) < 4.78 is 29.7. The largest absolute Gasteiger partial charge is 0.487 e. The molecule has 7 nitrogen and oxygen atoms in total. The molecule has 4 rings (SSSR count). The number of imide groups is 1. The first-order valence-corrected chi connectivity index (χ1v) is 9.82. The molecular weight excluding hydrogens is 418 g/mol. The van der Waals surface area contributed by atoms with Gasteiger partial charge in [0.05, 0.1) is 18.2 Å². The molecule has 1 aromatic heterocycles. The molecule has 2 fully saturated rings. The number of nitrogens with zero attached hydrogens (tertiary/aromatic N) is 4. The maximum atomic E-state index is 12.9. The highest BCUT2D eigenvalue weighted by atomic mass is 35.5. The van der Waals surface area contributed by atoms with Crippen LogP contribution in [0.4, 0.5) is 20.3 Å². The summed E-state index contributed by atoms with van der Waals surface area (Å²) in [4.78, 5) is 35.1. The van der Waals surface area contributed by atoms with Gasteiger partial charge in [0.15, 0.2) is 0 Å². The second kappa shape index (κ2) is 8.16. The highest BCUT2D eigenvalue weighted by molar-refractivity contribution is 6.22. The van der Waals surface area contributed by atoms with Crippen LogP contribution >= 0.6 is 11.6 Å². The standard InChI is InChI=1S/C20H19ClF2N4O3/c21-20(22,23)30-15-6-4-14(5-7-15)27-18(28)13-16(19(27)29)25-9-11-26(12-10-25)17-3-1-2-8-24-17/h1-8,16H,9-13H2/t16-/m1/s1. The predicted octanol–water partition coefficient (Wildman–Crippen LogP) is 2.70. The van der Waals surface area contributed by atoms with Gasteiger partial charge in [0.1, 0.15) is 11.6 Å². The fraction of sp³-hybridized carbons (Fsp3) is 0.350. The van der Waals surface area contributed by atoms with Crippen molar-refractivity contribution in [1.82, 2.24) is 9.88 Å². The Bertz CT molecular complexity index is 916. The number of alkyl halides is 3. The van der Waals surface area contributed by atoms with Gasteiger partial charge in [0, 0.05) is 44.0 Å². The van der Waals surface area contributed by atoms with Gasteiger partial charge in [-0.3, -0.25) is 14.5 Å². The Hall–Kier alpha value is -2.78. The van der Waals surface area contributed by atoms with E-state index in [2.05, 4.69) is 14.6 Å². The van der Waals surface area contributed by atoms with Gasteiger partial charge in [-0.05, 0) is 36.4 Å². The van der Waals surface area contributed by atoms with Gasteiger partial charge in [0.2, 0.25) is 5.91 Å². The number of carbonyl (C=O) groups is 2. The molecule has 0 spiro atoms. The topological polar surface area (TPSA) is 66.0 Å². The molecule has 0 N–H and O–H groups in total. The second-order valence-corrected chi connectivity index (χ2v) is 7.48. The first kappa shape index (κ1) is 20.5. The van der Waals surface area contributed by atoms with E-state index in [-0.39, 0.29) is 24.0 Å². The molecule has 2 saturated heterocycles. The lowest BCUT2D eigenvalue weighted by Gasteiger charge is -2.37. The molecule has 0 radical (unpaired) electrons. The van der Waals surface area contributed by atoms with E-state index in [9.17, 15) is 18.4 Å². The Labute approximate surface area is 176 Å². The van der Waals surface area contributed by atoms with Crippen molar-refractivity contribution in [1.29, 1.82) is 0 Å². The highest BCUT2D eigenvalue weighted by Crippen LogP contribution is 2.30. The number of rotatable bonds is 5. The molecule has 2 aromatic rings. The Morgan fingerprint density at radius 1 is 1.03 bits per heavy atom. The van der Waals surface area contributed by atoms with Crippen LogP contribution in [0.25, 0.3) is 0 Å². The van der Waals surface area contributed by atoms with Gasteiger partial charge in [-0.1, -0.05) is 6.07 Å². The second-order valence-electron chi connectivity index (χ2n) is 7.04. The molecule has 2 aliphatic heterocycles. The molecule has 2 aliphatic rings. The number of anilines is 2. The predicted molar refractivity (Wildman–Crippen MR) is 107 cm³/mol. The van der Waals surface area contributed by atoms with Crippen LogP contribution in [-0.4, -0.2) is 59.5 Å². The van der Waals surface area contributed by atoms with Crippen LogP contribution in [0, 0.1) is 0 Å². The van der Waals surface area contributed by atoms with Gasteiger partial charge in [-0.2, -0.15) is 0 Å². The zero-order valence-electron chi connectivity index (χ0n) is 15.9. The minimum Gasteiger partial charge on any atom is -0.420 e. The maximum absolute atomic E-state index is 12.9. The van der Waals surface area contributed by atoms with E-state index in [1.54, 1.807) is 6.20 Å². The van der Waals surface area contributed by atoms with E-state index >= 15 is 0 Å². The van der Waals surface area contributed by atoms with Gasteiger partial charge in [-0.25, -0.2) is 9.88 Å². The summed E-state index contributed by atoms with van der Waals surface area (Å²) in [5.41, 5.74) is -3.52. The average molecular weight is 437 g/mol. The number of hydrogen-bond acceptors (Lipinski definition) is 6. The van der Waals surface area contributed by atoms with Crippen molar-refractivity contribution in [2.45, 2.75) is 18.0 Å². The Morgan fingerprint density at radius 3 is 2.33 bits per heavy atom. The van der Waals surface area contributed by atoms with E-state index in [0.29, 0.717) is 31.9 Å². The number of pyridine rings is 1. The van der Waals surface area contributed by atoms with E-state index < -0.39 is 11.6 Å². The molecule has 10 heteroatoms. The van der Waals surface area contributed by atoms with Crippen LogP contribution in [0.2, 0.25) is 0 Å². The molecule has 2 amide bonds. The molecule has 0 saturated carbocycles. The molecule has 1 atom stereocenters. The van der Waals surface area contributed by atoms with Crippen LogP contribution in [0.3, 0.4) is 0 Å². The third-order valence-electron chi connectivity index (χ3n) is 5.18. The summed E-state index contributed by atoms with van der Waals surface area (Å²) >= 11 is 4.75. The summed E-state index contributed by atoms with van der Waals surface area (Å²) in [6, 6.07) is 10.4. The van der Waals surface area contributed by atoms with Crippen LogP contribution in [0.1, 0.15) is 6.42 Å². The Balaban J connectivity index is 1.41. The normalized spacial score (nSPS) is 20.7. The van der Waals surface area contributed by atoms with Crippen LogP contribution in [-0.2, 0) is 9.59 Å². The lowest BCUT2D eigenvalue weighted by atomic mass is 10.1. The van der Waals surface area contributed by atoms with E-state index in [1.165, 1.54) is 24.3 Å². The number of carbonyl (C=O) groups excluding carboxylic acids is 2. The van der Waals surface area contributed by atoms with Crippen molar-refractivity contribution in [2.24, 2.45) is 0 Å². The molecule has 1 aromatic carbocycles. The number of benzene rings is 1. The first-order chi connectivity index (χ1) is 14.3. The number of amides is 2. The number of piperazine rings is 1. The zero-order valence-corrected chi connectivity index (χ0v) is 16.6. The van der Waals surface area contributed by atoms with Crippen LogP contribution < -0.4 is 14.5 Å². The molecular formula is C20H19ClF2N4O3. The average Bonchev–Trinajstić information content (AvgIpc) is 3.02. The smallest absolute Gasteiger partial charge is 0.420 e. The van der Waals surface area contributed by atoms with Gasteiger partial charge in [-0.15, -0.1) is 8.78 Å². The van der Waals surface area contributed by atoms with Crippen molar-refractivity contribution in [3.63, 3.8) is 0 Å². The summed E-state index contributed by atoms with van der Waals surface area (Å²) in [5.74, 6) is 0.0774. The SMILES string of the molecule is O=C1C[C@@H](N2CCN(c3ccccn3)CC2)C(=O)N1c1ccc(OC(F)(F)Cl)cc1. The van der Waals surface area contributed by atoms with Crippen molar-refractivity contribution < 1.29 is 23.1 Å². The summed E-state index contributed by atoms with van der Waals surface area (Å²) in [6.45, 7) is 2.67. The fourth-order valence-corrected chi connectivity index (χ4v) is 3.86. The highest BCUT2D eigenvalue weighted by Gasteiger charge is 2.43. The zero-order chi connectivity index (χ0) is 21.3. The van der Waals surface area contributed by atoms with Crippen molar-refractivity contribution in [2.75, 3.05) is 36.0 Å². The van der Waals surface area contributed by atoms with Gasteiger partial charge < -0.3 is 9.64 Å². The van der Waals surface area contributed by atoms with E-state index in [4.69, 9.17) is 11.6 Å². The number of ether oxygens (including phenoxy) is 1. The lowest BCUT2D eigenvalue weighted by molar-refractivity contribution is -0.123. The van der Waals surface area contributed by atoms with E-state index in [0.717, 1.165) is 10.7 Å². The van der Waals surface area contributed by atoms with Crippen molar-refractivity contribution in [3.05, 3.63) is 48.7 Å². The molecule has 30 heavy (non-hydrogen) atoms. The van der Waals surface area contributed by atoms with Gasteiger partial charge >= 0.3 is 5.57 Å². The lowest BCUT2D eigenvalue weighted by Crippen LogP contribution is -2.52. The monoisotopic (exact) mass is 436 g/mol. The number of halogens is 3. The molecule has 158 valence electrons. The Morgan fingerprint density at radius 2 is 1.73 bits per heavy atom.